The van der Waals surface area contributed by atoms with Gasteiger partial charge in [0.25, 0.3) is 0 Å². The molecular formula is C10H18NO3. The molecule has 0 saturated carbocycles. The van der Waals surface area contributed by atoms with Crippen molar-refractivity contribution in [2.75, 3.05) is 6.54 Å². The minimum Gasteiger partial charge on any atom is -0.429 e. The van der Waals surface area contributed by atoms with E-state index in [4.69, 9.17) is 9.47 Å². The number of carbonyl (C=O) groups is 1. The summed E-state index contributed by atoms with van der Waals surface area (Å²) in [7, 11) is 0. The zero-order valence-electron chi connectivity index (χ0n) is 9.08. The van der Waals surface area contributed by atoms with Crippen LogP contribution in [0.2, 0.25) is 0 Å². The molecule has 81 valence electrons. The number of ether oxygens (including phenoxy) is 2. The van der Waals surface area contributed by atoms with Crippen molar-refractivity contribution in [1.82, 2.24) is 5.32 Å². The second-order valence-electron chi connectivity index (χ2n) is 4.44. The molecule has 0 aromatic rings. The van der Waals surface area contributed by atoms with Crippen LogP contribution in [0.3, 0.4) is 0 Å². The maximum Gasteiger partial charge on any atom is 0.510 e. The van der Waals surface area contributed by atoms with Gasteiger partial charge in [0.05, 0.1) is 0 Å². The van der Waals surface area contributed by atoms with E-state index < -0.39 is 11.8 Å². The number of rotatable bonds is 1. The van der Waals surface area contributed by atoms with Gasteiger partial charge in [-0.05, 0) is 40.0 Å². The zero-order valence-corrected chi connectivity index (χ0v) is 9.08. The molecular weight excluding hydrogens is 182 g/mol. The summed E-state index contributed by atoms with van der Waals surface area (Å²) in [5.74, 6) is 0. The molecule has 14 heavy (non-hydrogen) atoms. The van der Waals surface area contributed by atoms with Gasteiger partial charge in [0.15, 0.2) is 6.23 Å². The van der Waals surface area contributed by atoms with Crippen LogP contribution in [0.25, 0.3) is 0 Å². The van der Waals surface area contributed by atoms with E-state index in [1.54, 1.807) is 0 Å². The summed E-state index contributed by atoms with van der Waals surface area (Å²) < 4.78 is 10.1. The third kappa shape index (κ3) is 4.46. The van der Waals surface area contributed by atoms with Gasteiger partial charge in [-0.3, -0.25) is 0 Å². The van der Waals surface area contributed by atoms with E-state index in [1.807, 2.05) is 20.8 Å². The minimum atomic E-state index is -0.617. The molecule has 1 aliphatic heterocycles. The van der Waals surface area contributed by atoms with Gasteiger partial charge in [-0.25, -0.2) is 10.1 Å². The first-order chi connectivity index (χ1) is 6.47. The molecule has 4 heteroatoms. The Bertz CT molecular complexity index is 192. The number of carbonyl (C=O) groups excluding carboxylic acids is 1. The van der Waals surface area contributed by atoms with Gasteiger partial charge in [0.1, 0.15) is 5.60 Å². The Morgan fingerprint density at radius 1 is 1.36 bits per heavy atom. The SMILES string of the molecule is CC(C)(C)OC(=O)OC1CCCC[N]1. The molecule has 1 saturated heterocycles. The molecule has 1 heterocycles. The van der Waals surface area contributed by atoms with Crippen molar-refractivity contribution >= 4 is 6.16 Å². The molecule has 0 aliphatic carbocycles. The van der Waals surface area contributed by atoms with E-state index in [0.717, 1.165) is 25.8 Å². The maximum atomic E-state index is 11.2. The highest BCUT2D eigenvalue weighted by Crippen LogP contribution is 2.13. The summed E-state index contributed by atoms with van der Waals surface area (Å²) in [5.41, 5.74) is -0.494. The third-order valence-corrected chi connectivity index (χ3v) is 1.81. The molecule has 1 rings (SSSR count). The van der Waals surface area contributed by atoms with Crippen molar-refractivity contribution in [3.63, 3.8) is 0 Å². The third-order valence-electron chi connectivity index (χ3n) is 1.81. The Kier molecular flexibility index (Phi) is 3.75. The van der Waals surface area contributed by atoms with Crippen LogP contribution in [0.5, 0.6) is 0 Å². The van der Waals surface area contributed by atoms with Gasteiger partial charge in [-0.15, -0.1) is 0 Å². The average Bonchev–Trinajstić information content (AvgIpc) is 2.02. The van der Waals surface area contributed by atoms with E-state index in [9.17, 15) is 4.79 Å². The summed E-state index contributed by atoms with van der Waals surface area (Å²) in [6.45, 7) is 6.22. The smallest absolute Gasteiger partial charge is 0.429 e. The summed E-state index contributed by atoms with van der Waals surface area (Å²) in [4.78, 5) is 11.2. The lowest BCUT2D eigenvalue weighted by molar-refractivity contribution is -0.0402. The van der Waals surface area contributed by atoms with Gasteiger partial charge < -0.3 is 9.47 Å². The average molecular weight is 200 g/mol. The quantitative estimate of drug-likeness (QED) is 0.609. The van der Waals surface area contributed by atoms with Crippen LogP contribution in [-0.4, -0.2) is 24.5 Å². The lowest BCUT2D eigenvalue weighted by Crippen LogP contribution is -2.34. The van der Waals surface area contributed by atoms with Crippen LogP contribution >= 0.6 is 0 Å². The van der Waals surface area contributed by atoms with Gasteiger partial charge in [-0.1, -0.05) is 0 Å². The molecule has 1 fully saturated rings. The predicted octanol–water partition coefficient (Wildman–Crippen LogP) is 2.05. The highest BCUT2D eigenvalue weighted by Gasteiger charge is 2.22. The summed E-state index contributed by atoms with van der Waals surface area (Å²) >= 11 is 0. The molecule has 0 spiro atoms. The molecule has 1 unspecified atom stereocenters. The Labute approximate surface area is 85.0 Å². The van der Waals surface area contributed by atoms with E-state index >= 15 is 0 Å². The van der Waals surface area contributed by atoms with Crippen LogP contribution < -0.4 is 5.32 Å². The Morgan fingerprint density at radius 2 is 2.07 bits per heavy atom. The van der Waals surface area contributed by atoms with Gasteiger partial charge >= 0.3 is 6.16 Å². The molecule has 0 amide bonds. The molecule has 1 atom stereocenters. The molecule has 1 radical (unpaired) electrons. The van der Waals surface area contributed by atoms with Crippen molar-refractivity contribution in [2.45, 2.75) is 51.9 Å². The summed E-state index contributed by atoms with van der Waals surface area (Å²) in [5, 5.41) is 4.18. The predicted molar refractivity (Wildman–Crippen MR) is 52.0 cm³/mol. The lowest BCUT2D eigenvalue weighted by Gasteiger charge is -2.24. The van der Waals surface area contributed by atoms with Gasteiger partial charge in [0.2, 0.25) is 0 Å². The Morgan fingerprint density at radius 3 is 2.57 bits per heavy atom. The van der Waals surface area contributed by atoms with Crippen LogP contribution in [0.1, 0.15) is 40.0 Å². The van der Waals surface area contributed by atoms with E-state index in [-0.39, 0.29) is 6.23 Å². The molecule has 0 aromatic carbocycles. The van der Waals surface area contributed by atoms with Crippen LogP contribution in [0.15, 0.2) is 0 Å². The van der Waals surface area contributed by atoms with Crippen LogP contribution in [0.4, 0.5) is 4.79 Å². The number of nitrogens with zero attached hydrogens (tertiary/aromatic N) is 1. The van der Waals surface area contributed by atoms with Crippen molar-refractivity contribution < 1.29 is 14.3 Å². The first-order valence-corrected chi connectivity index (χ1v) is 5.03. The first kappa shape index (κ1) is 11.3. The standard InChI is InChI=1S/C10H18NO3/c1-10(2,3)14-9(12)13-8-6-4-5-7-11-8/h8H,4-7H2,1-3H3. The fourth-order valence-corrected chi connectivity index (χ4v) is 1.24. The minimum absolute atomic E-state index is 0.293. The molecule has 0 aromatic heterocycles. The largest absolute Gasteiger partial charge is 0.510 e. The number of hydrogen-bond acceptors (Lipinski definition) is 3. The van der Waals surface area contributed by atoms with E-state index in [1.165, 1.54) is 0 Å². The number of hydrogen-bond donors (Lipinski definition) is 0. The fourth-order valence-electron chi connectivity index (χ4n) is 1.24. The van der Waals surface area contributed by atoms with Crippen molar-refractivity contribution in [3.8, 4) is 0 Å². The van der Waals surface area contributed by atoms with E-state index in [0.29, 0.717) is 0 Å². The lowest BCUT2D eigenvalue weighted by atomic mass is 10.1. The van der Waals surface area contributed by atoms with Crippen molar-refractivity contribution in [1.29, 1.82) is 0 Å². The monoisotopic (exact) mass is 200 g/mol. The molecule has 4 nitrogen and oxygen atoms in total. The number of piperidine rings is 1. The van der Waals surface area contributed by atoms with E-state index in [2.05, 4.69) is 5.32 Å². The second kappa shape index (κ2) is 4.64. The molecule has 0 bridgehead atoms. The highest BCUT2D eigenvalue weighted by molar-refractivity contribution is 5.60. The fraction of sp³-hybridized carbons (Fsp3) is 0.900. The molecule has 0 N–H and O–H groups in total. The summed E-state index contributed by atoms with van der Waals surface area (Å²) in [6, 6.07) is 0. The van der Waals surface area contributed by atoms with Crippen LogP contribution in [0, 0.1) is 0 Å². The Hall–Kier alpha value is -0.770. The topological polar surface area (TPSA) is 49.6 Å². The van der Waals surface area contributed by atoms with Crippen molar-refractivity contribution in [2.24, 2.45) is 0 Å². The van der Waals surface area contributed by atoms with Crippen molar-refractivity contribution in [3.05, 3.63) is 0 Å². The van der Waals surface area contributed by atoms with Gasteiger partial charge in [0, 0.05) is 6.54 Å². The highest BCUT2D eigenvalue weighted by atomic mass is 16.7. The Balaban J connectivity index is 2.25. The second-order valence-corrected chi connectivity index (χ2v) is 4.44. The summed E-state index contributed by atoms with van der Waals surface area (Å²) in [6.07, 6.45) is 2.07. The first-order valence-electron chi connectivity index (χ1n) is 5.03. The zero-order chi connectivity index (χ0) is 10.6. The maximum absolute atomic E-state index is 11.2. The van der Waals surface area contributed by atoms with Gasteiger partial charge in [-0.2, -0.15) is 0 Å². The van der Waals surface area contributed by atoms with Crippen LogP contribution in [-0.2, 0) is 9.47 Å². The normalized spacial score (nSPS) is 22.9. The molecule has 1 aliphatic rings.